The highest BCUT2D eigenvalue weighted by Crippen LogP contribution is 2.13. The van der Waals surface area contributed by atoms with Crippen LogP contribution in [0.1, 0.15) is 24.3 Å². The van der Waals surface area contributed by atoms with Gasteiger partial charge < -0.3 is 9.72 Å². The summed E-state index contributed by atoms with van der Waals surface area (Å²) in [6, 6.07) is 5.51. The fourth-order valence-electron chi connectivity index (χ4n) is 0.941. The SMILES string of the molecule is COC(C)c1ccc(C#N)c(=S)[nH]1. The van der Waals surface area contributed by atoms with Gasteiger partial charge in [0.2, 0.25) is 0 Å². The third kappa shape index (κ3) is 2.14. The Hall–Kier alpha value is -1.18. The number of hydrogen-bond acceptors (Lipinski definition) is 3. The maximum atomic E-state index is 8.64. The van der Waals surface area contributed by atoms with E-state index in [0.29, 0.717) is 10.2 Å². The van der Waals surface area contributed by atoms with E-state index in [1.807, 2.05) is 19.1 Å². The second kappa shape index (κ2) is 4.17. The van der Waals surface area contributed by atoms with Gasteiger partial charge in [0, 0.05) is 12.8 Å². The first-order chi connectivity index (χ1) is 6.19. The molecule has 0 aromatic carbocycles. The topological polar surface area (TPSA) is 48.8 Å². The summed E-state index contributed by atoms with van der Waals surface area (Å²) in [5.74, 6) is 0. The lowest BCUT2D eigenvalue weighted by Crippen LogP contribution is -1.99. The molecule has 0 spiro atoms. The normalized spacial score (nSPS) is 12.1. The number of aromatic amines is 1. The van der Waals surface area contributed by atoms with Crippen molar-refractivity contribution in [1.82, 2.24) is 4.98 Å². The van der Waals surface area contributed by atoms with Crippen LogP contribution in [0, 0.1) is 16.0 Å². The number of nitrogens with one attached hydrogen (secondary N) is 1. The van der Waals surface area contributed by atoms with Gasteiger partial charge in [0.1, 0.15) is 10.7 Å². The standard InChI is InChI=1S/C9H10N2OS/c1-6(12-2)8-4-3-7(5-10)9(13)11-8/h3-4,6H,1-2H3,(H,11,13). The van der Waals surface area contributed by atoms with Crippen molar-refractivity contribution in [2.45, 2.75) is 13.0 Å². The molecule has 1 aromatic rings. The van der Waals surface area contributed by atoms with Crippen LogP contribution in [-0.2, 0) is 4.74 Å². The van der Waals surface area contributed by atoms with E-state index in [1.165, 1.54) is 0 Å². The minimum atomic E-state index is -0.0329. The first kappa shape index (κ1) is 9.90. The van der Waals surface area contributed by atoms with Crippen LogP contribution < -0.4 is 0 Å². The summed E-state index contributed by atoms with van der Waals surface area (Å²) in [6.45, 7) is 1.91. The molecule has 0 bridgehead atoms. The van der Waals surface area contributed by atoms with Gasteiger partial charge >= 0.3 is 0 Å². The third-order valence-electron chi connectivity index (χ3n) is 1.84. The Bertz CT molecular complexity index is 391. The van der Waals surface area contributed by atoms with Crippen molar-refractivity contribution in [3.8, 4) is 6.07 Å². The van der Waals surface area contributed by atoms with Gasteiger partial charge in [0.15, 0.2) is 0 Å². The fourth-order valence-corrected chi connectivity index (χ4v) is 1.17. The highest BCUT2D eigenvalue weighted by Gasteiger charge is 2.04. The van der Waals surface area contributed by atoms with Crippen molar-refractivity contribution in [2.24, 2.45) is 0 Å². The molecule has 0 aliphatic heterocycles. The lowest BCUT2D eigenvalue weighted by Gasteiger charge is -2.09. The van der Waals surface area contributed by atoms with Gasteiger partial charge in [-0.25, -0.2) is 0 Å². The Morgan fingerprint density at radius 3 is 2.77 bits per heavy atom. The zero-order valence-electron chi connectivity index (χ0n) is 7.50. The molecular weight excluding hydrogens is 184 g/mol. The van der Waals surface area contributed by atoms with Gasteiger partial charge in [-0.3, -0.25) is 0 Å². The van der Waals surface area contributed by atoms with Crippen molar-refractivity contribution in [1.29, 1.82) is 5.26 Å². The first-order valence-corrected chi connectivity index (χ1v) is 4.26. The summed E-state index contributed by atoms with van der Waals surface area (Å²) in [7, 11) is 1.62. The highest BCUT2D eigenvalue weighted by atomic mass is 32.1. The van der Waals surface area contributed by atoms with Crippen LogP contribution in [-0.4, -0.2) is 12.1 Å². The number of methoxy groups -OCH3 is 1. The van der Waals surface area contributed by atoms with Crippen molar-refractivity contribution in [3.63, 3.8) is 0 Å². The van der Waals surface area contributed by atoms with E-state index >= 15 is 0 Å². The number of hydrogen-bond donors (Lipinski definition) is 1. The number of ether oxygens (including phenoxy) is 1. The summed E-state index contributed by atoms with van der Waals surface area (Å²) in [5.41, 5.74) is 1.37. The fraction of sp³-hybridized carbons (Fsp3) is 0.333. The van der Waals surface area contributed by atoms with Crippen LogP contribution in [0.4, 0.5) is 0 Å². The molecule has 1 atom stereocenters. The van der Waals surface area contributed by atoms with Crippen LogP contribution in [0.25, 0.3) is 0 Å². The largest absolute Gasteiger partial charge is 0.376 e. The van der Waals surface area contributed by atoms with Crippen molar-refractivity contribution in [2.75, 3.05) is 7.11 Å². The number of aromatic nitrogens is 1. The Balaban J connectivity index is 3.12. The van der Waals surface area contributed by atoms with Gasteiger partial charge in [-0.05, 0) is 19.1 Å². The molecule has 68 valence electrons. The Kier molecular flexibility index (Phi) is 3.18. The summed E-state index contributed by atoms with van der Waals surface area (Å²) in [4.78, 5) is 2.94. The first-order valence-electron chi connectivity index (χ1n) is 3.85. The molecule has 1 N–H and O–H groups in total. The lowest BCUT2D eigenvalue weighted by atomic mass is 10.2. The second-order valence-corrected chi connectivity index (χ2v) is 3.05. The number of nitrogens with zero attached hydrogens (tertiary/aromatic N) is 1. The molecule has 0 amide bonds. The molecular formula is C9H10N2OS. The quantitative estimate of drug-likeness (QED) is 0.735. The average molecular weight is 194 g/mol. The summed E-state index contributed by atoms with van der Waals surface area (Å²) < 4.78 is 5.57. The summed E-state index contributed by atoms with van der Waals surface area (Å²) in [6.07, 6.45) is -0.0329. The Morgan fingerprint density at radius 1 is 1.62 bits per heavy atom. The number of nitriles is 1. The molecule has 4 heteroatoms. The van der Waals surface area contributed by atoms with Gasteiger partial charge in [0.05, 0.1) is 11.7 Å². The maximum Gasteiger partial charge on any atom is 0.121 e. The van der Waals surface area contributed by atoms with Crippen LogP contribution in [0.5, 0.6) is 0 Å². The number of H-pyrrole nitrogens is 1. The van der Waals surface area contributed by atoms with Crippen LogP contribution in [0.3, 0.4) is 0 Å². The van der Waals surface area contributed by atoms with Gasteiger partial charge in [-0.2, -0.15) is 5.26 Å². The second-order valence-electron chi connectivity index (χ2n) is 2.65. The Labute approximate surface area is 82.0 Å². The van der Waals surface area contributed by atoms with Gasteiger partial charge in [-0.15, -0.1) is 0 Å². The molecule has 1 rings (SSSR count). The predicted molar refractivity (Wildman–Crippen MR) is 51.8 cm³/mol. The van der Waals surface area contributed by atoms with E-state index in [0.717, 1.165) is 5.69 Å². The number of pyridine rings is 1. The smallest absolute Gasteiger partial charge is 0.121 e. The molecule has 0 aliphatic rings. The van der Waals surface area contributed by atoms with Crippen molar-refractivity contribution < 1.29 is 4.74 Å². The van der Waals surface area contributed by atoms with Crippen LogP contribution in [0.15, 0.2) is 12.1 Å². The molecule has 3 nitrogen and oxygen atoms in total. The van der Waals surface area contributed by atoms with Crippen LogP contribution in [0.2, 0.25) is 0 Å². The van der Waals surface area contributed by atoms with E-state index in [4.69, 9.17) is 22.2 Å². The summed E-state index contributed by atoms with van der Waals surface area (Å²) >= 11 is 4.97. The molecule has 0 fully saturated rings. The maximum absolute atomic E-state index is 8.64. The zero-order chi connectivity index (χ0) is 9.84. The van der Waals surface area contributed by atoms with Gasteiger partial charge in [-0.1, -0.05) is 12.2 Å². The van der Waals surface area contributed by atoms with Crippen molar-refractivity contribution in [3.05, 3.63) is 28.0 Å². The van der Waals surface area contributed by atoms with Crippen molar-refractivity contribution >= 4 is 12.2 Å². The highest BCUT2D eigenvalue weighted by molar-refractivity contribution is 7.71. The van der Waals surface area contributed by atoms with Gasteiger partial charge in [0.25, 0.3) is 0 Å². The lowest BCUT2D eigenvalue weighted by molar-refractivity contribution is 0.116. The molecule has 0 aliphatic carbocycles. The molecule has 0 saturated carbocycles. The molecule has 0 radical (unpaired) electrons. The molecule has 1 heterocycles. The number of rotatable bonds is 2. The zero-order valence-corrected chi connectivity index (χ0v) is 8.31. The van der Waals surface area contributed by atoms with E-state index in [-0.39, 0.29) is 6.10 Å². The van der Waals surface area contributed by atoms with E-state index in [1.54, 1.807) is 13.2 Å². The summed E-state index contributed by atoms with van der Waals surface area (Å²) in [5, 5.41) is 8.64. The monoisotopic (exact) mass is 194 g/mol. The molecule has 1 unspecified atom stereocenters. The molecule has 0 saturated heterocycles. The minimum absolute atomic E-state index is 0.0329. The van der Waals surface area contributed by atoms with Crippen LogP contribution >= 0.6 is 12.2 Å². The predicted octanol–water partition coefficient (Wildman–Crippen LogP) is 2.32. The van der Waals surface area contributed by atoms with E-state index < -0.39 is 0 Å². The van der Waals surface area contributed by atoms with E-state index in [9.17, 15) is 0 Å². The minimum Gasteiger partial charge on any atom is -0.376 e. The Morgan fingerprint density at radius 2 is 2.31 bits per heavy atom. The third-order valence-corrected chi connectivity index (χ3v) is 2.17. The van der Waals surface area contributed by atoms with E-state index in [2.05, 4.69) is 4.98 Å². The average Bonchev–Trinajstić information content (AvgIpc) is 2.16. The molecule has 1 aromatic heterocycles. The molecule has 13 heavy (non-hydrogen) atoms.